The average molecular weight is 261 g/mol. The van der Waals surface area contributed by atoms with Crippen LogP contribution in [0.2, 0.25) is 0 Å². The van der Waals surface area contributed by atoms with Crippen molar-refractivity contribution in [3.63, 3.8) is 0 Å². The Morgan fingerprint density at radius 3 is 2.84 bits per heavy atom. The summed E-state index contributed by atoms with van der Waals surface area (Å²) in [6.07, 6.45) is 7.35. The molecule has 0 amide bonds. The average Bonchev–Trinajstić information content (AvgIpc) is 3.24. The second-order valence-corrected chi connectivity index (χ2v) is 5.59. The fourth-order valence-electron chi connectivity index (χ4n) is 2.64. The van der Waals surface area contributed by atoms with Gasteiger partial charge in [0.25, 0.3) is 0 Å². The summed E-state index contributed by atoms with van der Waals surface area (Å²) in [5, 5.41) is 3.32. The molecular formula is C15H23N3O. The number of anilines is 1. The van der Waals surface area contributed by atoms with Crippen molar-refractivity contribution in [3.8, 4) is 0 Å². The summed E-state index contributed by atoms with van der Waals surface area (Å²) in [6.45, 7) is 3.90. The quantitative estimate of drug-likeness (QED) is 0.885. The summed E-state index contributed by atoms with van der Waals surface area (Å²) in [6, 6.07) is 2.12. The maximum atomic E-state index is 5.80. The first kappa shape index (κ1) is 12.9. The van der Waals surface area contributed by atoms with Crippen LogP contribution in [0, 0.1) is 0 Å². The van der Waals surface area contributed by atoms with Gasteiger partial charge in [-0.2, -0.15) is 0 Å². The van der Waals surface area contributed by atoms with E-state index in [1.54, 1.807) is 0 Å². The van der Waals surface area contributed by atoms with Crippen molar-refractivity contribution in [1.82, 2.24) is 9.97 Å². The van der Waals surface area contributed by atoms with E-state index in [0.717, 1.165) is 37.6 Å². The van der Waals surface area contributed by atoms with Crippen molar-refractivity contribution in [2.75, 3.05) is 18.5 Å². The Labute approximate surface area is 115 Å². The van der Waals surface area contributed by atoms with E-state index in [1.165, 1.54) is 31.4 Å². The second-order valence-electron chi connectivity index (χ2n) is 5.59. The van der Waals surface area contributed by atoms with Crippen LogP contribution in [0.5, 0.6) is 0 Å². The van der Waals surface area contributed by atoms with Gasteiger partial charge in [-0.25, -0.2) is 9.97 Å². The summed E-state index contributed by atoms with van der Waals surface area (Å²) >= 11 is 0. The van der Waals surface area contributed by atoms with Crippen molar-refractivity contribution in [3.05, 3.63) is 17.6 Å². The smallest absolute Gasteiger partial charge is 0.133 e. The van der Waals surface area contributed by atoms with Gasteiger partial charge in [0, 0.05) is 37.3 Å². The lowest BCUT2D eigenvalue weighted by atomic mass is 10.1. The van der Waals surface area contributed by atoms with E-state index in [0.29, 0.717) is 12.0 Å². The van der Waals surface area contributed by atoms with E-state index in [9.17, 15) is 0 Å². The number of ether oxygens (including phenoxy) is 1. The van der Waals surface area contributed by atoms with Crippen LogP contribution in [-0.2, 0) is 11.2 Å². The SMILES string of the molecule is CCNc1cc(C2CC2)nc(CC2CCCCO2)n1. The Balaban J connectivity index is 1.74. The zero-order chi connectivity index (χ0) is 13.1. The zero-order valence-corrected chi connectivity index (χ0v) is 11.7. The third-order valence-electron chi connectivity index (χ3n) is 3.83. The van der Waals surface area contributed by atoms with Gasteiger partial charge in [-0.05, 0) is 39.0 Å². The monoisotopic (exact) mass is 261 g/mol. The Morgan fingerprint density at radius 1 is 1.26 bits per heavy atom. The molecule has 0 aromatic carbocycles. The maximum Gasteiger partial charge on any atom is 0.133 e. The van der Waals surface area contributed by atoms with Gasteiger partial charge in [-0.3, -0.25) is 0 Å². The summed E-state index contributed by atoms with van der Waals surface area (Å²) < 4.78 is 5.80. The minimum absolute atomic E-state index is 0.317. The van der Waals surface area contributed by atoms with E-state index in [1.807, 2.05) is 0 Å². The normalized spacial score (nSPS) is 23.3. The number of rotatable bonds is 5. The van der Waals surface area contributed by atoms with Gasteiger partial charge in [-0.1, -0.05) is 0 Å². The lowest BCUT2D eigenvalue weighted by Crippen LogP contribution is -2.23. The third-order valence-corrected chi connectivity index (χ3v) is 3.83. The minimum atomic E-state index is 0.317. The Morgan fingerprint density at radius 2 is 2.16 bits per heavy atom. The first-order chi connectivity index (χ1) is 9.35. The largest absolute Gasteiger partial charge is 0.378 e. The molecule has 1 aromatic rings. The minimum Gasteiger partial charge on any atom is -0.378 e. The molecule has 0 spiro atoms. The maximum absolute atomic E-state index is 5.80. The highest BCUT2D eigenvalue weighted by Crippen LogP contribution is 2.39. The van der Waals surface area contributed by atoms with Crippen LogP contribution in [0.1, 0.15) is 56.5 Å². The first-order valence-electron chi connectivity index (χ1n) is 7.58. The molecule has 1 atom stereocenters. The van der Waals surface area contributed by atoms with E-state index in [4.69, 9.17) is 9.72 Å². The summed E-state index contributed by atoms with van der Waals surface area (Å²) in [7, 11) is 0. The molecule has 1 unspecified atom stereocenters. The highest BCUT2D eigenvalue weighted by atomic mass is 16.5. The number of hydrogen-bond acceptors (Lipinski definition) is 4. The molecule has 0 radical (unpaired) electrons. The van der Waals surface area contributed by atoms with Crippen molar-refractivity contribution in [2.24, 2.45) is 0 Å². The van der Waals surface area contributed by atoms with Gasteiger partial charge in [0.1, 0.15) is 11.6 Å². The molecular weight excluding hydrogens is 238 g/mol. The van der Waals surface area contributed by atoms with Crippen LogP contribution in [0.4, 0.5) is 5.82 Å². The van der Waals surface area contributed by atoms with E-state index < -0.39 is 0 Å². The van der Waals surface area contributed by atoms with Crippen LogP contribution in [0.3, 0.4) is 0 Å². The predicted molar refractivity (Wildman–Crippen MR) is 75.5 cm³/mol. The molecule has 1 N–H and O–H groups in total. The van der Waals surface area contributed by atoms with Crippen LogP contribution in [-0.4, -0.2) is 29.2 Å². The van der Waals surface area contributed by atoms with E-state index in [2.05, 4.69) is 23.3 Å². The van der Waals surface area contributed by atoms with E-state index in [-0.39, 0.29) is 0 Å². The van der Waals surface area contributed by atoms with Crippen molar-refractivity contribution >= 4 is 5.82 Å². The van der Waals surface area contributed by atoms with Gasteiger partial charge in [0.05, 0.1) is 6.10 Å². The zero-order valence-electron chi connectivity index (χ0n) is 11.7. The molecule has 1 saturated carbocycles. The van der Waals surface area contributed by atoms with Crippen LogP contribution in [0.15, 0.2) is 6.07 Å². The molecule has 1 aliphatic heterocycles. The third kappa shape index (κ3) is 3.44. The standard InChI is InChI=1S/C15H23N3O/c1-2-16-14-10-13(11-6-7-11)17-15(18-14)9-12-5-3-4-8-19-12/h10-12H,2-9H2,1H3,(H,16,17,18). The molecule has 1 aromatic heterocycles. The molecule has 1 aliphatic carbocycles. The Kier molecular flexibility index (Phi) is 3.97. The molecule has 1 saturated heterocycles. The molecule has 2 heterocycles. The number of nitrogens with zero attached hydrogens (tertiary/aromatic N) is 2. The van der Waals surface area contributed by atoms with Crippen LogP contribution in [0.25, 0.3) is 0 Å². The topological polar surface area (TPSA) is 47.0 Å². The predicted octanol–water partition coefficient (Wildman–Crippen LogP) is 2.90. The Hall–Kier alpha value is -1.16. The number of aromatic nitrogens is 2. The fraction of sp³-hybridized carbons (Fsp3) is 0.733. The summed E-state index contributed by atoms with van der Waals surface area (Å²) in [5.74, 6) is 2.60. The molecule has 19 heavy (non-hydrogen) atoms. The molecule has 0 bridgehead atoms. The van der Waals surface area contributed by atoms with Crippen LogP contribution < -0.4 is 5.32 Å². The van der Waals surface area contributed by atoms with Crippen molar-refractivity contribution in [1.29, 1.82) is 0 Å². The lowest BCUT2D eigenvalue weighted by molar-refractivity contribution is 0.0156. The van der Waals surface area contributed by atoms with Gasteiger partial charge in [0.2, 0.25) is 0 Å². The molecule has 2 fully saturated rings. The molecule has 2 aliphatic rings. The summed E-state index contributed by atoms with van der Waals surface area (Å²) in [4.78, 5) is 9.37. The second kappa shape index (κ2) is 5.87. The number of nitrogens with one attached hydrogen (secondary N) is 1. The van der Waals surface area contributed by atoms with Gasteiger partial charge < -0.3 is 10.1 Å². The fourth-order valence-corrected chi connectivity index (χ4v) is 2.64. The Bertz CT molecular complexity index is 425. The highest BCUT2D eigenvalue weighted by molar-refractivity contribution is 5.38. The molecule has 4 heteroatoms. The number of hydrogen-bond donors (Lipinski definition) is 1. The van der Waals surface area contributed by atoms with Crippen LogP contribution >= 0.6 is 0 Å². The van der Waals surface area contributed by atoms with Crippen molar-refractivity contribution in [2.45, 2.75) is 57.5 Å². The highest BCUT2D eigenvalue weighted by Gasteiger charge is 2.26. The van der Waals surface area contributed by atoms with Gasteiger partial charge in [-0.15, -0.1) is 0 Å². The summed E-state index contributed by atoms with van der Waals surface area (Å²) in [5.41, 5.74) is 1.22. The lowest BCUT2D eigenvalue weighted by Gasteiger charge is -2.22. The van der Waals surface area contributed by atoms with E-state index >= 15 is 0 Å². The first-order valence-corrected chi connectivity index (χ1v) is 7.58. The van der Waals surface area contributed by atoms with Gasteiger partial charge in [0.15, 0.2) is 0 Å². The molecule has 4 nitrogen and oxygen atoms in total. The molecule has 104 valence electrons. The molecule has 3 rings (SSSR count). The van der Waals surface area contributed by atoms with Crippen molar-refractivity contribution < 1.29 is 4.74 Å². The van der Waals surface area contributed by atoms with Gasteiger partial charge >= 0.3 is 0 Å².